The van der Waals surface area contributed by atoms with Gasteiger partial charge in [0, 0.05) is 6.07 Å². The van der Waals surface area contributed by atoms with Crippen LogP contribution in [0.1, 0.15) is 5.56 Å². The molecule has 0 spiro atoms. The van der Waals surface area contributed by atoms with Crippen molar-refractivity contribution in [1.82, 2.24) is 0 Å². The molecule has 4 rings (SSSR count). The third-order valence-electron chi connectivity index (χ3n) is 3.77. The van der Waals surface area contributed by atoms with Crippen molar-refractivity contribution in [3.63, 3.8) is 0 Å². The van der Waals surface area contributed by atoms with Gasteiger partial charge in [-0.3, -0.25) is 0 Å². The molecule has 0 atom stereocenters. The Kier molecular flexibility index (Phi) is 2.25. The molecular formula is C19H10N. The van der Waals surface area contributed by atoms with Crippen LogP contribution in [0.25, 0.3) is 32.3 Å². The van der Waals surface area contributed by atoms with E-state index in [-0.39, 0.29) is 0 Å². The lowest BCUT2D eigenvalue weighted by atomic mass is 9.93. The van der Waals surface area contributed by atoms with Crippen molar-refractivity contribution >= 4 is 32.3 Å². The Balaban J connectivity index is 2.39. The lowest BCUT2D eigenvalue weighted by Gasteiger charge is -2.09. The Hall–Kier alpha value is -2.85. The highest BCUT2D eigenvalue weighted by Crippen LogP contribution is 2.34. The first-order valence-corrected chi connectivity index (χ1v) is 6.54. The van der Waals surface area contributed by atoms with Crippen LogP contribution in [0.15, 0.2) is 60.7 Å². The number of fused-ring (bicyclic) bond motifs is 6. The van der Waals surface area contributed by atoms with Crippen LogP contribution >= 0.6 is 0 Å². The smallest absolute Gasteiger partial charge is 0.0998 e. The standard InChI is InChI=1S/C19H10N/c20-12-13-9-10-18-16-7-2-1-5-14(16)15-6-3-4-8-17(15)19(18)11-13/h1-10H. The number of nitriles is 1. The van der Waals surface area contributed by atoms with Gasteiger partial charge in [0.1, 0.15) is 0 Å². The zero-order valence-corrected chi connectivity index (χ0v) is 10.7. The van der Waals surface area contributed by atoms with Crippen LogP contribution in [0.3, 0.4) is 0 Å². The number of nitrogens with zero attached hydrogens (tertiary/aromatic N) is 1. The molecule has 0 saturated heterocycles. The van der Waals surface area contributed by atoms with E-state index in [0.717, 1.165) is 16.2 Å². The summed E-state index contributed by atoms with van der Waals surface area (Å²) in [6.45, 7) is 0. The lowest BCUT2D eigenvalue weighted by molar-refractivity contribution is 1.49. The van der Waals surface area contributed by atoms with Crippen LogP contribution in [-0.2, 0) is 0 Å². The summed E-state index contributed by atoms with van der Waals surface area (Å²) in [4.78, 5) is 0. The molecule has 0 fully saturated rings. The van der Waals surface area contributed by atoms with E-state index in [9.17, 15) is 0 Å². The van der Waals surface area contributed by atoms with E-state index >= 15 is 0 Å². The van der Waals surface area contributed by atoms with Gasteiger partial charge in [-0.05, 0) is 38.4 Å². The predicted molar refractivity (Wildman–Crippen MR) is 82.5 cm³/mol. The highest BCUT2D eigenvalue weighted by Gasteiger charge is 2.08. The maximum absolute atomic E-state index is 9.10. The molecule has 91 valence electrons. The van der Waals surface area contributed by atoms with E-state index in [4.69, 9.17) is 5.26 Å². The summed E-state index contributed by atoms with van der Waals surface area (Å²) in [7, 11) is 0. The summed E-state index contributed by atoms with van der Waals surface area (Å²) in [6.07, 6.45) is 0. The molecule has 4 aromatic carbocycles. The normalized spacial score (nSPS) is 10.9. The van der Waals surface area contributed by atoms with E-state index in [2.05, 4.69) is 54.6 Å². The van der Waals surface area contributed by atoms with Crippen molar-refractivity contribution in [2.75, 3.05) is 0 Å². The average molecular weight is 252 g/mol. The first kappa shape index (κ1) is 11.0. The number of benzene rings is 4. The van der Waals surface area contributed by atoms with Gasteiger partial charge in [0.2, 0.25) is 0 Å². The topological polar surface area (TPSA) is 23.8 Å². The molecular weight excluding hydrogens is 242 g/mol. The molecule has 0 unspecified atom stereocenters. The fourth-order valence-corrected chi connectivity index (χ4v) is 2.88. The third-order valence-corrected chi connectivity index (χ3v) is 3.77. The Bertz CT molecular complexity index is 971. The van der Waals surface area contributed by atoms with Gasteiger partial charge in [-0.15, -0.1) is 0 Å². The Labute approximate surface area is 116 Å². The van der Waals surface area contributed by atoms with E-state index < -0.39 is 0 Å². The van der Waals surface area contributed by atoms with E-state index in [1.54, 1.807) is 0 Å². The lowest BCUT2D eigenvalue weighted by Crippen LogP contribution is -1.84. The fraction of sp³-hybridized carbons (Fsp3) is 0. The highest BCUT2D eigenvalue weighted by atomic mass is 14.2. The van der Waals surface area contributed by atoms with Crippen molar-refractivity contribution in [1.29, 1.82) is 5.26 Å². The zero-order chi connectivity index (χ0) is 13.5. The monoisotopic (exact) mass is 252 g/mol. The van der Waals surface area contributed by atoms with Crippen LogP contribution in [0.4, 0.5) is 0 Å². The summed E-state index contributed by atoms with van der Waals surface area (Å²) in [5.74, 6) is 0. The molecule has 0 saturated carbocycles. The van der Waals surface area contributed by atoms with Crippen LogP contribution in [0.2, 0.25) is 0 Å². The second-order valence-electron chi connectivity index (χ2n) is 4.86. The molecule has 0 aliphatic carbocycles. The minimum Gasteiger partial charge on any atom is -0.192 e. The molecule has 4 aromatic rings. The van der Waals surface area contributed by atoms with E-state index in [1.807, 2.05) is 18.2 Å². The van der Waals surface area contributed by atoms with Crippen LogP contribution in [0.5, 0.6) is 0 Å². The fourth-order valence-electron chi connectivity index (χ4n) is 2.88. The molecule has 0 aromatic heterocycles. The van der Waals surface area contributed by atoms with Gasteiger partial charge in [0.05, 0.1) is 11.6 Å². The van der Waals surface area contributed by atoms with Crippen molar-refractivity contribution in [2.45, 2.75) is 0 Å². The van der Waals surface area contributed by atoms with Gasteiger partial charge in [-0.2, -0.15) is 5.26 Å². The first-order valence-electron chi connectivity index (χ1n) is 6.54. The summed E-state index contributed by atoms with van der Waals surface area (Å²) in [5.41, 5.74) is 0.581. The quantitative estimate of drug-likeness (QED) is 0.412. The van der Waals surface area contributed by atoms with Crippen LogP contribution < -0.4 is 0 Å². The summed E-state index contributed by atoms with van der Waals surface area (Å²) in [6, 6.07) is 26.0. The van der Waals surface area contributed by atoms with Gasteiger partial charge < -0.3 is 0 Å². The van der Waals surface area contributed by atoms with Crippen LogP contribution in [-0.4, -0.2) is 0 Å². The summed E-state index contributed by atoms with van der Waals surface area (Å²) < 4.78 is 0. The molecule has 0 aliphatic heterocycles. The van der Waals surface area contributed by atoms with E-state index in [1.165, 1.54) is 16.2 Å². The van der Waals surface area contributed by atoms with Crippen molar-refractivity contribution in [2.24, 2.45) is 0 Å². The van der Waals surface area contributed by atoms with Gasteiger partial charge >= 0.3 is 0 Å². The van der Waals surface area contributed by atoms with Gasteiger partial charge in [0.15, 0.2) is 0 Å². The Morgan fingerprint density at radius 3 is 1.75 bits per heavy atom. The van der Waals surface area contributed by atoms with Crippen LogP contribution in [0, 0.1) is 17.4 Å². The first-order chi connectivity index (χ1) is 9.88. The van der Waals surface area contributed by atoms with Gasteiger partial charge in [-0.25, -0.2) is 0 Å². The molecule has 1 radical (unpaired) electrons. The summed E-state index contributed by atoms with van der Waals surface area (Å²) in [5, 5.41) is 16.1. The molecule has 0 amide bonds. The maximum Gasteiger partial charge on any atom is 0.0998 e. The average Bonchev–Trinajstić information content (AvgIpc) is 2.54. The number of rotatable bonds is 0. The van der Waals surface area contributed by atoms with Crippen molar-refractivity contribution in [3.8, 4) is 6.07 Å². The predicted octanol–water partition coefficient (Wildman–Crippen LogP) is 4.82. The van der Waals surface area contributed by atoms with Crippen molar-refractivity contribution in [3.05, 3.63) is 72.3 Å². The Morgan fingerprint density at radius 2 is 1.15 bits per heavy atom. The third kappa shape index (κ3) is 1.42. The molecule has 0 aliphatic rings. The van der Waals surface area contributed by atoms with E-state index in [0.29, 0.717) is 5.56 Å². The van der Waals surface area contributed by atoms with Gasteiger partial charge in [-0.1, -0.05) is 54.6 Å². The zero-order valence-electron chi connectivity index (χ0n) is 10.7. The molecule has 0 N–H and O–H groups in total. The summed E-state index contributed by atoms with van der Waals surface area (Å²) >= 11 is 0. The van der Waals surface area contributed by atoms with Gasteiger partial charge in [0.25, 0.3) is 0 Å². The highest BCUT2D eigenvalue weighted by molar-refractivity contribution is 6.25. The largest absolute Gasteiger partial charge is 0.192 e. The SMILES string of the molecule is N#Cc1[c]c2c3ccccc3c3ccccc3c2cc1. The molecule has 1 nitrogen and oxygen atoms in total. The molecule has 1 heteroatoms. The minimum absolute atomic E-state index is 0.581. The number of hydrogen-bond donors (Lipinski definition) is 0. The Morgan fingerprint density at radius 1 is 0.650 bits per heavy atom. The molecule has 0 bridgehead atoms. The number of hydrogen-bond acceptors (Lipinski definition) is 1. The second kappa shape index (κ2) is 4.08. The molecule has 20 heavy (non-hydrogen) atoms. The second-order valence-corrected chi connectivity index (χ2v) is 4.86. The molecule has 0 heterocycles. The maximum atomic E-state index is 9.10. The minimum atomic E-state index is 0.581. The van der Waals surface area contributed by atoms with Crippen molar-refractivity contribution < 1.29 is 0 Å².